The standard InChI is InChI=1S/C13H9F2PS/c14-11-5-1-9(2-6-11)13(16-17)10-3-7-12(15)8-4-10/h1-8,13H/p+1. The zero-order chi connectivity index (χ0) is 12.3. The van der Waals surface area contributed by atoms with Crippen LogP contribution in [0.15, 0.2) is 48.5 Å². The van der Waals surface area contributed by atoms with E-state index >= 15 is 0 Å². The fourth-order valence-electron chi connectivity index (χ4n) is 1.64. The van der Waals surface area contributed by atoms with E-state index in [4.69, 9.17) is 11.8 Å². The van der Waals surface area contributed by atoms with Gasteiger partial charge in [-0.25, -0.2) is 8.78 Å². The molecule has 17 heavy (non-hydrogen) atoms. The van der Waals surface area contributed by atoms with E-state index in [1.54, 1.807) is 24.3 Å². The molecule has 0 fully saturated rings. The van der Waals surface area contributed by atoms with Crippen LogP contribution in [0.3, 0.4) is 0 Å². The van der Waals surface area contributed by atoms with E-state index in [1.807, 2.05) is 0 Å². The molecular weight excluding hydrogens is 257 g/mol. The highest BCUT2D eigenvalue weighted by Crippen LogP contribution is 2.34. The van der Waals surface area contributed by atoms with Crippen LogP contribution < -0.4 is 0 Å². The van der Waals surface area contributed by atoms with Crippen LogP contribution in [0.5, 0.6) is 0 Å². The molecule has 0 bridgehead atoms. The average molecular weight is 267 g/mol. The molecule has 0 aliphatic rings. The lowest BCUT2D eigenvalue weighted by atomic mass is 10.0. The Bertz CT molecular complexity index is 462. The third-order valence-electron chi connectivity index (χ3n) is 2.52. The minimum atomic E-state index is -0.265. The maximum Gasteiger partial charge on any atom is 0.176 e. The molecule has 1 atom stereocenters. The fraction of sp³-hybridized carbons (Fsp3) is 0.0769. The van der Waals surface area contributed by atoms with E-state index in [0.29, 0.717) is 0 Å². The van der Waals surface area contributed by atoms with Crippen molar-refractivity contribution in [3.63, 3.8) is 0 Å². The van der Waals surface area contributed by atoms with Crippen molar-refractivity contribution in [3.05, 3.63) is 71.3 Å². The van der Waals surface area contributed by atoms with Crippen LogP contribution in [0.2, 0.25) is 0 Å². The van der Waals surface area contributed by atoms with Crippen molar-refractivity contribution in [2.24, 2.45) is 0 Å². The molecule has 0 N–H and O–H groups in total. The van der Waals surface area contributed by atoms with Gasteiger partial charge in [0.15, 0.2) is 24.8 Å². The molecule has 0 amide bonds. The topological polar surface area (TPSA) is 0 Å². The molecule has 0 heterocycles. The molecular formula is C13H10F2PS+. The van der Waals surface area contributed by atoms with E-state index in [-0.39, 0.29) is 24.6 Å². The molecule has 2 rings (SSSR count). The first-order valence-corrected chi connectivity index (χ1v) is 7.30. The van der Waals surface area contributed by atoms with Gasteiger partial charge in [-0.1, -0.05) is 24.3 Å². The largest absolute Gasteiger partial charge is 0.207 e. The highest BCUT2D eigenvalue weighted by atomic mass is 32.4. The monoisotopic (exact) mass is 267 g/mol. The smallest absolute Gasteiger partial charge is 0.176 e. The third-order valence-corrected chi connectivity index (χ3v) is 4.13. The Morgan fingerprint density at radius 2 is 1.12 bits per heavy atom. The summed E-state index contributed by atoms with van der Waals surface area (Å²) in [4.78, 5) is 0. The summed E-state index contributed by atoms with van der Waals surface area (Å²) in [5, 5.41) is 0. The summed E-state index contributed by atoms with van der Waals surface area (Å²) in [6.45, 7) is 0. The van der Waals surface area contributed by atoms with Gasteiger partial charge < -0.3 is 0 Å². The molecule has 86 valence electrons. The summed E-state index contributed by atoms with van der Waals surface area (Å²) < 4.78 is 25.7. The van der Waals surface area contributed by atoms with Crippen molar-refractivity contribution < 1.29 is 8.78 Å². The average Bonchev–Trinajstić information content (AvgIpc) is 2.35. The molecule has 2 aromatic rings. The van der Waals surface area contributed by atoms with Gasteiger partial charge in [-0.15, -0.1) is 0 Å². The van der Waals surface area contributed by atoms with Crippen molar-refractivity contribution in [1.82, 2.24) is 0 Å². The highest BCUT2D eigenvalue weighted by Gasteiger charge is 2.18. The minimum absolute atomic E-state index is 0.0335. The number of halogens is 2. The molecule has 0 saturated heterocycles. The van der Waals surface area contributed by atoms with Gasteiger partial charge in [-0.2, -0.15) is 0 Å². The van der Waals surface area contributed by atoms with Gasteiger partial charge in [0.05, 0.1) is 0 Å². The second-order valence-electron chi connectivity index (χ2n) is 3.65. The molecule has 2 aromatic carbocycles. The number of benzene rings is 2. The lowest BCUT2D eigenvalue weighted by Gasteiger charge is -2.06. The Hall–Kier alpha value is -1.18. The van der Waals surface area contributed by atoms with Gasteiger partial charge in [0.2, 0.25) is 0 Å². The van der Waals surface area contributed by atoms with Gasteiger partial charge in [-0.05, 0) is 24.3 Å². The summed E-state index contributed by atoms with van der Waals surface area (Å²) in [6.07, 6.45) is 0. The first-order valence-electron chi connectivity index (χ1n) is 5.09. The quantitative estimate of drug-likeness (QED) is 0.751. The zero-order valence-electron chi connectivity index (χ0n) is 8.86. The van der Waals surface area contributed by atoms with Crippen molar-refractivity contribution >= 4 is 19.2 Å². The summed E-state index contributed by atoms with van der Waals surface area (Å²) in [7, 11) is 0.236. The maximum absolute atomic E-state index is 12.8. The Kier molecular flexibility index (Phi) is 3.93. The second kappa shape index (κ2) is 5.44. The number of rotatable bonds is 3. The highest BCUT2D eigenvalue weighted by molar-refractivity contribution is 7.96. The molecule has 0 aliphatic carbocycles. The van der Waals surface area contributed by atoms with Crippen molar-refractivity contribution in [3.8, 4) is 0 Å². The SMILES string of the molecule is Fc1ccc(C([PH+]=S)c2ccc(F)cc2)cc1. The Balaban J connectivity index is 2.36. The predicted octanol–water partition coefficient (Wildman–Crippen LogP) is 4.19. The molecule has 0 aromatic heterocycles. The molecule has 0 aliphatic heterocycles. The number of hydrogen-bond donors (Lipinski definition) is 0. The van der Waals surface area contributed by atoms with Crippen LogP contribution in [0, 0.1) is 11.6 Å². The van der Waals surface area contributed by atoms with Crippen LogP contribution in [0.25, 0.3) is 0 Å². The summed E-state index contributed by atoms with van der Waals surface area (Å²) >= 11 is 5.14. The third kappa shape index (κ3) is 2.93. The van der Waals surface area contributed by atoms with Crippen molar-refractivity contribution in [2.45, 2.75) is 5.66 Å². The van der Waals surface area contributed by atoms with Gasteiger partial charge in [0, 0.05) is 11.1 Å². The summed E-state index contributed by atoms with van der Waals surface area (Å²) in [5.74, 6) is -0.529. The first-order chi connectivity index (χ1) is 8.20. The van der Waals surface area contributed by atoms with Crippen LogP contribution >= 0.6 is 7.36 Å². The van der Waals surface area contributed by atoms with Crippen molar-refractivity contribution in [1.29, 1.82) is 0 Å². The lowest BCUT2D eigenvalue weighted by Crippen LogP contribution is -1.93. The van der Waals surface area contributed by atoms with E-state index < -0.39 is 0 Å². The van der Waals surface area contributed by atoms with Gasteiger partial charge in [0.1, 0.15) is 11.6 Å². The van der Waals surface area contributed by atoms with Gasteiger partial charge >= 0.3 is 0 Å². The zero-order valence-corrected chi connectivity index (χ0v) is 10.7. The normalized spacial score (nSPS) is 11.0. The summed E-state index contributed by atoms with van der Waals surface area (Å²) in [6, 6.07) is 12.6. The molecule has 0 radical (unpaired) electrons. The van der Waals surface area contributed by atoms with Crippen LogP contribution in [0.4, 0.5) is 8.78 Å². The fourth-order valence-corrected chi connectivity index (χ4v) is 3.11. The molecule has 0 saturated carbocycles. The van der Waals surface area contributed by atoms with Crippen LogP contribution in [-0.4, -0.2) is 0 Å². The lowest BCUT2D eigenvalue weighted by molar-refractivity contribution is 0.626. The molecule has 0 spiro atoms. The minimum Gasteiger partial charge on any atom is -0.207 e. The van der Waals surface area contributed by atoms with E-state index in [0.717, 1.165) is 11.1 Å². The van der Waals surface area contributed by atoms with E-state index in [2.05, 4.69) is 0 Å². The molecule has 0 nitrogen and oxygen atoms in total. The van der Waals surface area contributed by atoms with Crippen LogP contribution in [-0.2, 0) is 11.8 Å². The Labute approximate surface area is 105 Å². The van der Waals surface area contributed by atoms with Gasteiger partial charge in [-0.3, -0.25) is 0 Å². The maximum atomic E-state index is 12.8. The van der Waals surface area contributed by atoms with Crippen molar-refractivity contribution in [2.75, 3.05) is 0 Å². The number of hydrogen-bond acceptors (Lipinski definition) is 1. The predicted molar refractivity (Wildman–Crippen MR) is 70.3 cm³/mol. The molecule has 1 unspecified atom stereocenters. The van der Waals surface area contributed by atoms with Crippen LogP contribution in [0.1, 0.15) is 16.8 Å². The summed E-state index contributed by atoms with van der Waals surface area (Å²) in [5.41, 5.74) is 1.96. The first kappa shape index (κ1) is 12.3. The molecule has 4 heteroatoms. The second-order valence-corrected chi connectivity index (χ2v) is 5.17. The Morgan fingerprint density at radius 3 is 1.41 bits per heavy atom. The Morgan fingerprint density at radius 1 is 0.765 bits per heavy atom. The van der Waals surface area contributed by atoms with Gasteiger partial charge in [0.25, 0.3) is 0 Å². The van der Waals surface area contributed by atoms with E-state index in [9.17, 15) is 8.78 Å². The van der Waals surface area contributed by atoms with E-state index in [1.165, 1.54) is 24.3 Å².